The van der Waals surface area contributed by atoms with Crippen molar-refractivity contribution < 1.29 is 15.1 Å². The van der Waals surface area contributed by atoms with E-state index in [1.54, 1.807) is 27.7 Å². The first-order valence-corrected chi connectivity index (χ1v) is 6.27. The molecule has 0 radical (unpaired) electrons. The van der Waals surface area contributed by atoms with Gasteiger partial charge in [0.2, 0.25) is 0 Å². The van der Waals surface area contributed by atoms with Crippen molar-refractivity contribution in [1.82, 2.24) is 5.06 Å². The lowest BCUT2D eigenvalue weighted by Gasteiger charge is -2.37. The summed E-state index contributed by atoms with van der Waals surface area (Å²) in [5.41, 5.74) is 2.00. The van der Waals surface area contributed by atoms with Crippen LogP contribution < -0.4 is 5.73 Å². The summed E-state index contributed by atoms with van der Waals surface area (Å²) in [5.74, 6) is -0.834. The minimum Gasteiger partial charge on any atom is -0.374 e. The zero-order chi connectivity index (χ0) is 14.4. The summed E-state index contributed by atoms with van der Waals surface area (Å²) in [6, 6.07) is 0. The van der Waals surface area contributed by atoms with Gasteiger partial charge in [0.1, 0.15) is 0 Å². The van der Waals surface area contributed by atoms with Crippen LogP contribution in [-0.4, -0.2) is 38.0 Å². The van der Waals surface area contributed by atoms with Crippen LogP contribution >= 0.6 is 0 Å². The van der Waals surface area contributed by atoms with Gasteiger partial charge in [-0.25, -0.2) is 0 Å². The third-order valence-corrected chi connectivity index (χ3v) is 3.99. The molecule has 104 valence electrons. The molecule has 0 aromatic heterocycles. The molecule has 1 amide bonds. The molecule has 1 aliphatic rings. The molecule has 5 nitrogen and oxygen atoms in total. The van der Waals surface area contributed by atoms with Gasteiger partial charge in [-0.05, 0) is 39.7 Å². The fourth-order valence-electron chi connectivity index (χ4n) is 2.86. The van der Waals surface area contributed by atoms with Gasteiger partial charge in [0, 0.05) is 0 Å². The minimum absolute atomic E-state index is 0.469. The van der Waals surface area contributed by atoms with Crippen LogP contribution in [0.2, 0.25) is 0 Å². The van der Waals surface area contributed by atoms with Gasteiger partial charge in [0.25, 0.3) is 5.91 Å². The largest absolute Gasteiger partial charge is 0.374 e. The average molecular weight is 256 g/mol. The van der Waals surface area contributed by atoms with Crippen LogP contribution in [0.4, 0.5) is 0 Å². The number of unbranched alkanes of at least 4 members (excludes halogenated alkanes) is 1. The zero-order valence-corrected chi connectivity index (χ0v) is 11.8. The van der Waals surface area contributed by atoms with Gasteiger partial charge in [0.15, 0.2) is 5.60 Å². The number of rotatable bonds is 3. The fourth-order valence-corrected chi connectivity index (χ4v) is 2.86. The Labute approximate surface area is 108 Å². The number of aliphatic hydroxyl groups is 1. The first-order chi connectivity index (χ1) is 8.04. The van der Waals surface area contributed by atoms with Crippen molar-refractivity contribution in [2.75, 3.05) is 0 Å². The summed E-state index contributed by atoms with van der Waals surface area (Å²) < 4.78 is 0. The van der Waals surface area contributed by atoms with E-state index in [4.69, 9.17) is 5.73 Å². The molecule has 0 aromatic rings. The predicted molar refractivity (Wildman–Crippen MR) is 68.9 cm³/mol. The number of allylic oxidation sites excluding steroid dienone is 1. The third-order valence-electron chi connectivity index (χ3n) is 3.99. The summed E-state index contributed by atoms with van der Waals surface area (Å²) in [5, 5.41) is 22.0. The molecule has 1 fully saturated rings. The van der Waals surface area contributed by atoms with Crippen LogP contribution in [-0.2, 0) is 4.79 Å². The smallest absolute Gasteiger partial charge is 0.255 e. The van der Waals surface area contributed by atoms with Gasteiger partial charge >= 0.3 is 0 Å². The van der Waals surface area contributed by atoms with Crippen LogP contribution in [0.15, 0.2) is 11.6 Å². The Bertz CT molecular complexity index is 388. The van der Waals surface area contributed by atoms with E-state index in [1.807, 2.05) is 13.0 Å². The number of carbonyl (C=O) groups excluding carboxylic acids is 1. The normalized spacial score (nSPS) is 32.9. The van der Waals surface area contributed by atoms with Crippen molar-refractivity contribution in [3.8, 4) is 0 Å². The Hall–Kier alpha value is -0.910. The lowest BCUT2D eigenvalue weighted by molar-refractivity contribution is -0.213. The summed E-state index contributed by atoms with van der Waals surface area (Å²) in [4.78, 5) is 11.7. The van der Waals surface area contributed by atoms with E-state index < -0.39 is 22.6 Å². The Kier molecular flexibility index (Phi) is 3.64. The van der Waals surface area contributed by atoms with Crippen molar-refractivity contribution >= 4 is 5.91 Å². The van der Waals surface area contributed by atoms with E-state index in [2.05, 4.69) is 0 Å². The van der Waals surface area contributed by atoms with Gasteiger partial charge in [-0.2, -0.15) is 5.06 Å². The van der Waals surface area contributed by atoms with E-state index in [0.717, 1.165) is 17.9 Å². The molecule has 1 unspecified atom stereocenters. The van der Waals surface area contributed by atoms with Crippen molar-refractivity contribution in [2.24, 2.45) is 5.73 Å². The predicted octanol–water partition coefficient (Wildman–Crippen LogP) is 1.19. The van der Waals surface area contributed by atoms with Gasteiger partial charge in [-0.3, -0.25) is 4.79 Å². The third kappa shape index (κ3) is 1.69. The Balaban J connectivity index is 3.48. The summed E-state index contributed by atoms with van der Waals surface area (Å²) >= 11 is 0. The quantitative estimate of drug-likeness (QED) is 0.662. The first kappa shape index (κ1) is 15.1. The molecule has 4 N–H and O–H groups in total. The molecular formula is C13H24N2O3. The molecule has 5 heteroatoms. The lowest BCUT2D eigenvalue weighted by Crippen LogP contribution is -2.60. The van der Waals surface area contributed by atoms with E-state index in [-0.39, 0.29) is 0 Å². The number of primary amides is 1. The molecule has 0 aliphatic carbocycles. The molecular weight excluding hydrogens is 232 g/mol. The maximum atomic E-state index is 11.7. The second kappa shape index (κ2) is 4.33. The lowest BCUT2D eigenvalue weighted by atomic mass is 9.76. The molecule has 1 saturated heterocycles. The minimum atomic E-state index is -1.86. The maximum Gasteiger partial charge on any atom is 0.255 e. The average Bonchev–Trinajstić information content (AvgIpc) is 2.35. The number of amides is 1. The monoisotopic (exact) mass is 256 g/mol. The molecule has 0 spiro atoms. The highest BCUT2D eigenvalue weighted by atomic mass is 16.5. The van der Waals surface area contributed by atoms with Crippen LogP contribution in [0.1, 0.15) is 47.5 Å². The highest BCUT2D eigenvalue weighted by molar-refractivity contribution is 5.90. The number of hydrogen-bond donors (Lipinski definition) is 3. The van der Waals surface area contributed by atoms with Crippen LogP contribution in [0.5, 0.6) is 0 Å². The van der Waals surface area contributed by atoms with Crippen LogP contribution in [0.25, 0.3) is 0 Å². The van der Waals surface area contributed by atoms with Gasteiger partial charge in [-0.15, -0.1) is 0 Å². The Morgan fingerprint density at radius 3 is 2.28 bits per heavy atom. The van der Waals surface area contributed by atoms with Gasteiger partial charge in [0.05, 0.1) is 11.1 Å². The van der Waals surface area contributed by atoms with Gasteiger partial charge < -0.3 is 16.0 Å². The van der Waals surface area contributed by atoms with Crippen LogP contribution in [0.3, 0.4) is 0 Å². The van der Waals surface area contributed by atoms with Crippen molar-refractivity contribution in [1.29, 1.82) is 0 Å². The Morgan fingerprint density at radius 2 is 1.89 bits per heavy atom. The molecule has 1 atom stereocenters. The Morgan fingerprint density at radius 1 is 1.39 bits per heavy atom. The number of hydrogen-bond acceptors (Lipinski definition) is 4. The van der Waals surface area contributed by atoms with E-state index in [0.29, 0.717) is 5.57 Å². The molecule has 1 rings (SSSR count). The molecule has 18 heavy (non-hydrogen) atoms. The van der Waals surface area contributed by atoms with E-state index in [9.17, 15) is 15.1 Å². The van der Waals surface area contributed by atoms with E-state index in [1.165, 1.54) is 0 Å². The zero-order valence-electron chi connectivity index (χ0n) is 11.8. The van der Waals surface area contributed by atoms with Gasteiger partial charge in [-0.1, -0.05) is 19.4 Å². The SMILES string of the molecule is CCC/C=C1\C(C)(C)N(O)C(C)(C)C1(O)C(N)=O. The molecule has 0 saturated carbocycles. The molecule has 1 aliphatic heterocycles. The summed E-state index contributed by atoms with van der Waals surface area (Å²) in [7, 11) is 0. The first-order valence-electron chi connectivity index (χ1n) is 6.27. The highest BCUT2D eigenvalue weighted by Gasteiger charge is 2.67. The molecule has 1 heterocycles. The summed E-state index contributed by atoms with van der Waals surface area (Å²) in [6.45, 7) is 8.73. The number of nitrogens with zero attached hydrogens (tertiary/aromatic N) is 1. The number of nitrogens with two attached hydrogens (primary N) is 1. The second-order valence-corrected chi connectivity index (χ2v) is 5.91. The highest BCUT2D eigenvalue weighted by Crippen LogP contribution is 2.50. The topological polar surface area (TPSA) is 86.8 Å². The van der Waals surface area contributed by atoms with E-state index >= 15 is 0 Å². The van der Waals surface area contributed by atoms with Crippen molar-refractivity contribution in [3.63, 3.8) is 0 Å². The van der Waals surface area contributed by atoms with Crippen LogP contribution in [0, 0.1) is 0 Å². The number of hydroxylamine groups is 2. The standard InChI is InChI=1S/C13H24N2O3/c1-6-7-8-9-11(2,3)15(18)12(4,5)13(9,17)10(14)16/h8,17-18H,6-7H2,1-5H3,(H2,14,16)/b9-8+. The summed E-state index contributed by atoms with van der Waals surface area (Å²) in [6.07, 6.45) is 3.42. The second-order valence-electron chi connectivity index (χ2n) is 5.91. The van der Waals surface area contributed by atoms with Crippen molar-refractivity contribution in [3.05, 3.63) is 11.6 Å². The maximum absolute atomic E-state index is 11.7. The molecule has 0 bridgehead atoms. The fraction of sp³-hybridized carbons (Fsp3) is 0.769. The number of carbonyl (C=O) groups is 1. The van der Waals surface area contributed by atoms with Crippen molar-refractivity contribution in [2.45, 2.75) is 64.1 Å². The molecule has 0 aromatic carbocycles.